The highest BCUT2D eigenvalue weighted by atomic mass is 16.5. The van der Waals surface area contributed by atoms with Gasteiger partial charge in [-0.05, 0) is 39.6 Å². The smallest absolute Gasteiger partial charge is 0.315 e. The molecule has 5 nitrogen and oxygen atoms in total. The highest BCUT2D eigenvalue weighted by molar-refractivity contribution is 5.74. The molecule has 0 aliphatic heterocycles. The molecule has 0 radical (unpaired) electrons. The predicted octanol–water partition coefficient (Wildman–Crippen LogP) is 3.67. The zero-order valence-corrected chi connectivity index (χ0v) is 16.2. The molecule has 2 aromatic carbocycles. The van der Waals surface area contributed by atoms with Gasteiger partial charge in [-0.2, -0.15) is 0 Å². The molecule has 0 saturated heterocycles. The van der Waals surface area contributed by atoms with Crippen LogP contribution in [-0.4, -0.2) is 38.7 Å². The maximum atomic E-state index is 12.4. The summed E-state index contributed by atoms with van der Waals surface area (Å²) in [4.78, 5) is 14.5. The number of aryl methyl sites for hydroxylation is 1. The summed E-state index contributed by atoms with van der Waals surface area (Å²) < 4.78 is 5.41. The van der Waals surface area contributed by atoms with Gasteiger partial charge in [0.1, 0.15) is 5.75 Å². The van der Waals surface area contributed by atoms with E-state index in [0.717, 1.165) is 16.9 Å². The fourth-order valence-corrected chi connectivity index (χ4v) is 2.98. The summed E-state index contributed by atoms with van der Waals surface area (Å²) in [7, 11) is 5.66. The van der Waals surface area contributed by atoms with Crippen molar-refractivity contribution in [1.82, 2.24) is 15.5 Å². The second-order valence-electron chi connectivity index (χ2n) is 6.71. The van der Waals surface area contributed by atoms with Gasteiger partial charge in [-0.25, -0.2) is 4.79 Å². The molecule has 0 saturated carbocycles. The highest BCUT2D eigenvalue weighted by Crippen LogP contribution is 2.26. The number of carbonyl (C=O) groups excluding carboxylic acids is 1. The Bertz CT molecular complexity index is 716. The second kappa shape index (κ2) is 9.25. The number of hydrogen-bond acceptors (Lipinski definition) is 3. The first-order valence-electron chi connectivity index (χ1n) is 8.82. The normalized spacial score (nSPS) is 13.2. The molecule has 140 valence electrons. The monoisotopic (exact) mass is 355 g/mol. The lowest BCUT2D eigenvalue weighted by Crippen LogP contribution is -2.41. The number of rotatable bonds is 7. The van der Waals surface area contributed by atoms with E-state index in [1.165, 1.54) is 5.56 Å². The fraction of sp³-hybridized carbons (Fsp3) is 0.381. The molecule has 26 heavy (non-hydrogen) atoms. The quantitative estimate of drug-likeness (QED) is 0.797. The van der Waals surface area contributed by atoms with Crippen LogP contribution in [0.15, 0.2) is 48.5 Å². The number of likely N-dealkylation sites (N-methyl/N-ethyl adjacent to an activating group) is 1. The minimum absolute atomic E-state index is 0.116. The molecular weight excluding hydrogens is 326 g/mol. The Hall–Kier alpha value is -2.53. The van der Waals surface area contributed by atoms with Crippen LogP contribution < -0.4 is 15.4 Å². The molecule has 2 aromatic rings. The number of methoxy groups -OCH3 is 1. The van der Waals surface area contributed by atoms with Gasteiger partial charge in [0.25, 0.3) is 0 Å². The third-order valence-electron chi connectivity index (χ3n) is 4.46. The zero-order valence-electron chi connectivity index (χ0n) is 16.2. The van der Waals surface area contributed by atoms with Crippen LogP contribution in [0.5, 0.6) is 5.75 Å². The Kier molecular flexibility index (Phi) is 7.04. The van der Waals surface area contributed by atoms with E-state index in [9.17, 15) is 4.79 Å². The van der Waals surface area contributed by atoms with Crippen LogP contribution in [-0.2, 0) is 0 Å². The van der Waals surface area contributed by atoms with Crippen LogP contribution in [0.25, 0.3) is 0 Å². The zero-order chi connectivity index (χ0) is 19.1. The Labute approximate surface area is 156 Å². The van der Waals surface area contributed by atoms with Gasteiger partial charge < -0.3 is 20.3 Å². The molecule has 2 unspecified atom stereocenters. The van der Waals surface area contributed by atoms with Crippen LogP contribution in [0.1, 0.15) is 35.7 Å². The molecule has 2 amide bonds. The van der Waals surface area contributed by atoms with Gasteiger partial charge in [0.15, 0.2) is 0 Å². The van der Waals surface area contributed by atoms with Crippen molar-refractivity contribution in [3.63, 3.8) is 0 Å². The van der Waals surface area contributed by atoms with E-state index in [0.29, 0.717) is 6.54 Å². The number of urea groups is 1. The molecule has 2 rings (SSSR count). The van der Waals surface area contributed by atoms with Crippen LogP contribution in [0.4, 0.5) is 4.79 Å². The first-order valence-corrected chi connectivity index (χ1v) is 8.82. The standard InChI is InChI=1S/C21H29N3O2/c1-15-11-12-20(26-5)18(13-15)16(2)23-21(25)22-14-19(24(3)4)17-9-7-6-8-10-17/h6-13,16,19H,14H2,1-5H3,(H2,22,23,25). The van der Waals surface area contributed by atoms with E-state index >= 15 is 0 Å². The maximum Gasteiger partial charge on any atom is 0.315 e. The van der Waals surface area contributed by atoms with E-state index in [-0.39, 0.29) is 18.1 Å². The molecule has 0 aromatic heterocycles. The van der Waals surface area contributed by atoms with Crippen molar-refractivity contribution >= 4 is 6.03 Å². The molecular formula is C21H29N3O2. The summed E-state index contributed by atoms with van der Waals surface area (Å²) in [6.45, 7) is 4.51. The van der Waals surface area contributed by atoms with Gasteiger partial charge in [-0.15, -0.1) is 0 Å². The van der Waals surface area contributed by atoms with Crippen molar-refractivity contribution in [3.05, 3.63) is 65.2 Å². The number of benzene rings is 2. The summed E-state index contributed by atoms with van der Waals surface area (Å²) in [5.41, 5.74) is 3.27. The number of hydrogen-bond donors (Lipinski definition) is 2. The highest BCUT2D eigenvalue weighted by Gasteiger charge is 2.17. The summed E-state index contributed by atoms with van der Waals surface area (Å²) in [5.74, 6) is 0.777. The first-order chi connectivity index (χ1) is 12.4. The van der Waals surface area contributed by atoms with Crippen LogP contribution in [0, 0.1) is 6.92 Å². The van der Waals surface area contributed by atoms with Gasteiger partial charge in [-0.1, -0.05) is 48.0 Å². The predicted molar refractivity (Wildman–Crippen MR) is 106 cm³/mol. The van der Waals surface area contributed by atoms with E-state index in [1.54, 1.807) is 7.11 Å². The molecule has 0 aliphatic carbocycles. The summed E-state index contributed by atoms with van der Waals surface area (Å²) >= 11 is 0. The van der Waals surface area contributed by atoms with Crippen molar-refractivity contribution in [2.45, 2.75) is 25.9 Å². The summed E-state index contributed by atoms with van der Waals surface area (Å²) in [6.07, 6.45) is 0. The number of nitrogens with zero attached hydrogens (tertiary/aromatic N) is 1. The van der Waals surface area contributed by atoms with E-state index in [1.807, 2.05) is 64.3 Å². The third kappa shape index (κ3) is 5.23. The van der Waals surface area contributed by atoms with E-state index < -0.39 is 0 Å². The Morgan fingerprint density at radius 2 is 1.85 bits per heavy atom. The second-order valence-corrected chi connectivity index (χ2v) is 6.71. The molecule has 0 heterocycles. The summed E-state index contributed by atoms with van der Waals surface area (Å²) in [6, 6.07) is 15.9. The van der Waals surface area contributed by atoms with Crippen molar-refractivity contribution in [3.8, 4) is 5.75 Å². The van der Waals surface area contributed by atoms with Gasteiger partial charge in [0, 0.05) is 12.1 Å². The number of ether oxygens (including phenoxy) is 1. The molecule has 0 aliphatic rings. The van der Waals surface area contributed by atoms with E-state index in [2.05, 4.69) is 27.7 Å². The van der Waals surface area contributed by atoms with Crippen molar-refractivity contribution < 1.29 is 9.53 Å². The number of nitrogens with one attached hydrogen (secondary N) is 2. The summed E-state index contributed by atoms with van der Waals surface area (Å²) in [5, 5.41) is 5.98. The Morgan fingerprint density at radius 1 is 1.15 bits per heavy atom. The topological polar surface area (TPSA) is 53.6 Å². The van der Waals surface area contributed by atoms with Crippen molar-refractivity contribution in [2.24, 2.45) is 0 Å². The molecule has 2 N–H and O–H groups in total. The van der Waals surface area contributed by atoms with Crippen molar-refractivity contribution in [2.75, 3.05) is 27.7 Å². The minimum atomic E-state index is -0.191. The SMILES string of the molecule is COc1ccc(C)cc1C(C)NC(=O)NCC(c1ccccc1)N(C)C. The number of carbonyl (C=O) groups is 1. The molecule has 2 atom stereocenters. The lowest BCUT2D eigenvalue weighted by atomic mass is 10.0. The van der Waals surface area contributed by atoms with Crippen LogP contribution in [0.3, 0.4) is 0 Å². The largest absolute Gasteiger partial charge is 0.496 e. The molecule has 0 spiro atoms. The van der Waals surface area contributed by atoms with Gasteiger partial charge >= 0.3 is 6.03 Å². The maximum absolute atomic E-state index is 12.4. The van der Waals surface area contributed by atoms with Crippen LogP contribution >= 0.6 is 0 Å². The Balaban J connectivity index is 1.98. The van der Waals surface area contributed by atoms with Gasteiger partial charge in [0.05, 0.1) is 19.2 Å². The third-order valence-corrected chi connectivity index (χ3v) is 4.46. The molecule has 0 bridgehead atoms. The van der Waals surface area contributed by atoms with Crippen LogP contribution in [0.2, 0.25) is 0 Å². The van der Waals surface area contributed by atoms with Crippen molar-refractivity contribution in [1.29, 1.82) is 0 Å². The van der Waals surface area contributed by atoms with Gasteiger partial charge in [0.2, 0.25) is 0 Å². The average Bonchev–Trinajstić information content (AvgIpc) is 2.62. The fourth-order valence-electron chi connectivity index (χ4n) is 2.98. The minimum Gasteiger partial charge on any atom is -0.496 e. The lowest BCUT2D eigenvalue weighted by Gasteiger charge is -2.26. The lowest BCUT2D eigenvalue weighted by molar-refractivity contribution is 0.230. The number of amides is 2. The van der Waals surface area contributed by atoms with Gasteiger partial charge in [-0.3, -0.25) is 0 Å². The molecule has 5 heteroatoms. The Morgan fingerprint density at radius 3 is 2.46 bits per heavy atom. The van der Waals surface area contributed by atoms with E-state index in [4.69, 9.17) is 4.74 Å². The molecule has 0 fully saturated rings. The first kappa shape index (κ1) is 19.8. The average molecular weight is 355 g/mol.